The first-order valence-electron chi connectivity index (χ1n) is 14.9. The Morgan fingerprint density at radius 2 is 1.11 bits per heavy atom. The van der Waals surface area contributed by atoms with Gasteiger partial charge in [-0.25, -0.2) is 9.13 Å². The molecule has 0 N–H and O–H groups in total. The fourth-order valence-corrected chi connectivity index (χ4v) is 5.67. The second-order valence-corrected chi connectivity index (χ2v) is 10.7. The Morgan fingerprint density at radius 3 is 1.67 bits per heavy atom. The minimum atomic E-state index is 0.0116. The van der Waals surface area contributed by atoms with Crippen molar-refractivity contribution in [2.24, 2.45) is 0 Å². The maximum Gasteiger partial charge on any atom is 0.254 e. The van der Waals surface area contributed by atoms with Crippen LogP contribution in [0, 0.1) is 6.92 Å². The summed E-state index contributed by atoms with van der Waals surface area (Å²) in [6, 6.07) is 7.35. The number of rotatable bonds is 18. The molecule has 0 spiro atoms. The van der Waals surface area contributed by atoms with Crippen molar-refractivity contribution in [2.45, 2.75) is 137 Å². The van der Waals surface area contributed by atoms with E-state index in [0.29, 0.717) is 22.5 Å². The second-order valence-electron chi connectivity index (χ2n) is 10.7. The lowest BCUT2D eigenvalue weighted by Gasteiger charge is -2.13. The van der Waals surface area contributed by atoms with Crippen molar-refractivity contribution >= 4 is 11.6 Å². The molecule has 0 amide bonds. The van der Waals surface area contributed by atoms with E-state index in [-0.39, 0.29) is 11.6 Å². The predicted molar refractivity (Wildman–Crippen MR) is 148 cm³/mol. The first-order valence-corrected chi connectivity index (χ1v) is 14.9. The molecule has 0 saturated heterocycles. The van der Waals surface area contributed by atoms with E-state index >= 15 is 0 Å². The first kappa shape index (κ1) is 28.3. The van der Waals surface area contributed by atoms with Crippen molar-refractivity contribution in [1.82, 2.24) is 4.57 Å². The molecule has 0 fully saturated rings. The molecule has 0 saturated carbocycles. The van der Waals surface area contributed by atoms with Crippen molar-refractivity contribution < 1.29 is 14.2 Å². The topological polar surface area (TPSA) is 43.0 Å². The lowest BCUT2D eigenvalue weighted by molar-refractivity contribution is -0.704. The second kappa shape index (κ2) is 15.1. The molecular weight excluding hydrogens is 444 g/mol. The predicted octanol–water partition coefficient (Wildman–Crippen LogP) is 8.14. The number of benzene rings is 1. The Hall–Kier alpha value is -2.23. The summed E-state index contributed by atoms with van der Waals surface area (Å²) in [5.74, 6) is 1.08. The summed E-state index contributed by atoms with van der Waals surface area (Å²) in [4.78, 5) is 27.2. The van der Waals surface area contributed by atoms with Crippen LogP contribution in [0.4, 0.5) is 0 Å². The van der Waals surface area contributed by atoms with Crippen LogP contribution in [0.1, 0.15) is 155 Å². The van der Waals surface area contributed by atoms with Crippen LogP contribution in [-0.2, 0) is 13.1 Å². The zero-order valence-electron chi connectivity index (χ0n) is 23.2. The Labute approximate surface area is 219 Å². The molecule has 4 heteroatoms. The zero-order chi connectivity index (χ0) is 25.8. The fourth-order valence-electron chi connectivity index (χ4n) is 5.67. The van der Waals surface area contributed by atoms with E-state index < -0.39 is 0 Å². The number of ketones is 2. The molecule has 36 heavy (non-hydrogen) atoms. The number of nitrogens with zero attached hydrogens (tertiary/aromatic N) is 2. The van der Waals surface area contributed by atoms with E-state index in [9.17, 15) is 9.59 Å². The van der Waals surface area contributed by atoms with Crippen molar-refractivity contribution in [1.29, 1.82) is 0 Å². The number of carbonyl (C=O) groups excluding carboxylic acids is 2. The molecule has 1 heterocycles. The van der Waals surface area contributed by atoms with Crippen LogP contribution >= 0.6 is 0 Å². The van der Waals surface area contributed by atoms with Crippen LogP contribution in [-0.4, -0.2) is 16.1 Å². The third kappa shape index (κ3) is 7.17. The molecule has 1 aliphatic rings. The SMILES string of the molecule is CCCCCCCCCCn1c2c([n+](CCCCCCCCCC)c1C)C(=O)c1ccccc1C2=O. The van der Waals surface area contributed by atoms with Gasteiger partial charge in [-0.1, -0.05) is 115 Å². The highest BCUT2D eigenvalue weighted by molar-refractivity contribution is 6.26. The summed E-state index contributed by atoms with van der Waals surface area (Å²) in [6.45, 7) is 8.24. The first-order chi connectivity index (χ1) is 17.6. The van der Waals surface area contributed by atoms with Gasteiger partial charge in [0.1, 0.15) is 0 Å². The molecule has 1 aromatic carbocycles. The summed E-state index contributed by atoms with van der Waals surface area (Å²) in [5, 5.41) is 0. The summed E-state index contributed by atoms with van der Waals surface area (Å²) >= 11 is 0. The maximum absolute atomic E-state index is 13.6. The summed E-state index contributed by atoms with van der Waals surface area (Å²) < 4.78 is 4.32. The standard InChI is InChI=1S/C32H49N2O2/c1-4-6-8-10-12-14-16-20-24-33-26(3)34(25-21-17-15-13-11-9-7-5-2)30-29(33)31(35)27-22-18-19-23-28(27)32(30)36/h18-19,22-23H,4-17,20-21,24-25H2,1-3H3/q+1. The van der Waals surface area contributed by atoms with Crippen LogP contribution < -0.4 is 4.57 Å². The Balaban J connectivity index is 1.68. The maximum atomic E-state index is 13.6. The van der Waals surface area contributed by atoms with Crippen LogP contribution in [0.25, 0.3) is 0 Å². The van der Waals surface area contributed by atoms with Gasteiger partial charge in [-0.3, -0.25) is 9.59 Å². The monoisotopic (exact) mass is 493 g/mol. The van der Waals surface area contributed by atoms with Gasteiger partial charge in [0.05, 0.1) is 13.1 Å². The molecule has 4 nitrogen and oxygen atoms in total. The molecule has 0 unspecified atom stereocenters. The van der Waals surface area contributed by atoms with Gasteiger partial charge in [0.25, 0.3) is 5.82 Å². The lowest BCUT2D eigenvalue weighted by atomic mass is 9.90. The van der Waals surface area contributed by atoms with E-state index in [1.165, 1.54) is 89.9 Å². The van der Waals surface area contributed by atoms with Gasteiger partial charge in [-0.05, 0) is 25.7 Å². The van der Waals surface area contributed by atoms with Crippen LogP contribution in [0.5, 0.6) is 0 Å². The van der Waals surface area contributed by atoms with Gasteiger partial charge in [-0.2, -0.15) is 0 Å². The van der Waals surface area contributed by atoms with Crippen molar-refractivity contribution in [3.8, 4) is 0 Å². The highest BCUT2D eigenvalue weighted by Crippen LogP contribution is 2.27. The zero-order valence-corrected chi connectivity index (χ0v) is 23.2. The summed E-state index contributed by atoms with van der Waals surface area (Å²) in [7, 11) is 0. The van der Waals surface area contributed by atoms with Gasteiger partial charge < -0.3 is 0 Å². The normalized spacial score (nSPS) is 12.8. The number of fused-ring (bicyclic) bond motifs is 2. The molecule has 3 rings (SSSR count). The molecule has 0 aliphatic heterocycles. The Bertz CT molecular complexity index is 912. The van der Waals surface area contributed by atoms with E-state index in [0.717, 1.165) is 31.8 Å². The third-order valence-electron chi connectivity index (χ3n) is 7.86. The van der Waals surface area contributed by atoms with Gasteiger partial charge in [0.15, 0.2) is 0 Å². The van der Waals surface area contributed by atoms with Gasteiger partial charge in [0, 0.05) is 18.1 Å². The van der Waals surface area contributed by atoms with Gasteiger partial charge >= 0.3 is 0 Å². The summed E-state index contributed by atoms with van der Waals surface area (Å²) in [6.07, 6.45) is 20.1. The number of unbranched alkanes of at least 4 members (excludes halogenated alkanes) is 14. The molecule has 2 aromatic rings. The molecule has 0 radical (unpaired) electrons. The minimum Gasteiger partial charge on any atom is -0.284 e. The molecular formula is C32H49N2O2+. The highest BCUT2D eigenvalue weighted by atomic mass is 16.1. The number of imidazole rings is 1. The van der Waals surface area contributed by atoms with E-state index in [4.69, 9.17) is 0 Å². The lowest BCUT2D eigenvalue weighted by Crippen LogP contribution is -2.43. The van der Waals surface area contributed by atoms with Gasteiger partial charge in [0.2, 0.25) is 23.0 Å². The third-order valence-corrected chi connectivity index (χ3v) is 7.86. The summed E-state index contributed by atoms with van der Waals surface area (Å²) in [5.41, 5.74) is 2.37. The van der Waals surface area contributed by atoms with Crippen LogP contribution in [0.2, 0.25) is 0 Å². The largest absolute Gasteiger partial charge is 0.284 e. The molecule has 1 aromatic heterocycles. The fraction of sp³-hybridized carbons (Fsp3) is 0.656. The molecule has 1 aliphatic carbocycles. The number of hydrogen-bond donors (Lipinski definition) is 0. The number of carbonyl (C=O) groups is 2. The quantitative estimate of drug-likeness (QED) is 0.133. The Kier molecular flexibility index (Phi) is 11.9. The molecule has 198 valence electrons. The van der Waals surface area contributed by atoms with Crippen molar-refractivity contribution in [3.63, 3.8) is 0 Å². The van der Waals surface area contributed by atoms with Crippen molar-refractivity contribution in [3.05, 3.63) is 52.6 Å². The average Bonchev–Trinajstić information content (AvgIpc) is 3.17. The number of hydrogen-bond acceptors (Lipinski definition) is 2. The molecule has 0 atom stereocenters. The minimum absolute atomic E-state index is 0.0116. The van der Waals surface area contributed by atoms with Crippen LogP contribution in [0.3, 0.4) is 0 Å². The smallest absolute Gasteiger partial charge is 0.254 e. The van der Waals surface area contributed by atoms with Crippen LogP contribution in [0.15, 0.2) is 24.3 Å². The highest BCUT2D eigenvalue weighted by Gasteiger charge is 2.42. The van der Waals surface area contributed by atoms with Crippen molar-refractivity contribution in [2.75, 3.05) is 0 Å². The van der Waals surface area contributed by atoms with Gasteiger partial charge in [-0.15, -0.1) is 0 Å². The average molecular weight is 494 g/mol. The van der Waals surface area contributed by atoms with E-state index in [1.807, 2.05) is 24.3 Å². The number of aromatic nitrogens is 2. The Morgan fingerprint density at radius 1 is 0.639 bits per heavy atom. The molecule has 0 bridgehead atoms. The van der Waals surface area contributed by atoms with E-state index in [1.54, 1.807) is 0 Å². The van der Waals surface area contributed by atoms with E-state index in [2.05, 4.69) is 29.9 Å².